The topological polar surface area (TPSA) is 54.0 Å². The Morgan fingerprint density at radius 2 is 1.89 bits per heavy atom. The zero-order chi connectivity index (χ0) is 13.0. The van der Waals surface area contributed by atoms with Crippen molar-refractivity contribution in [2.75, 3.05) is 17.7 Å². The van der Waals surface area contributed by atoms with Gasteiger partial charge in [-0.15, -0.1) is 0 Å². The number of pyridine rings is 1. The molecule has 1 heterocycles. The number of carbonyl (C=O) groups excluding carboxylic acids is 1. The molecule has 4 nitrogen and oxygen atoms in total. The summed E-state index contributed by atoms with van der Waals surface area (Å²) in [5.41, 5.74) is 1.75. The molecule has 2 rings (SSSR count). The van der Waals surface area contributed by atoms with Gasteiger partial charge in [-0.05, 0) is 24.3 Å². The van der Waals surface area contributed by atoms with Crippen molar-refractivity contribution in [3.8, 4) is 0 Å². The number of amides is 1. The van der Waals surface area contributed by atoms with E-state index < -0.39 is 5.82 Å². The van der Waals surface area contributed by atoms with Gasteiger partial charge in [-0.3, -0.25) is 9.78 Å². The summed E-state index contributed by atoms with van der Waals surface area (Å²) in [6.07, 6.45) is 2.47. The largest absolute Gasteiger partial charge is 0.388 e. The van der Waals surface area contributed by atoms with Gasteiger partial charge in [-0.2, -0.15) is 0 Å². The van der Waals surface area contributed by atoms with Gasteiger partial charge in [0.05, 0.1) is 18.1 Å². The Labute approximate surface area is 104 Å². The third-order valence-electron chi connectivity index (χ3n) is 2.40. The molecule has 18 heavy (non-hydrogen) atoms. The normalized spacial score (nSPS) is 9.89. The molecule has 0 saturated carbocycles. The Morgan fingerprint density at radius 1 is 1.17 bits per heavy atom. The first kappa shape index (κ1) is 12.0. The van der Waals surface area contributed by atoms with Crippen molar-refractivity contribution < 1.29 is 9.18 Å². The molecule has 0 saturated heterocycles. The predicted molar refractivity (Wildman–Crippen MR) is 68.1 cm³/mol. The Hall–Kier alpha value is -2.43. The summed E-state index contributed by atoms with van der Waals surface area (Å²) in [5, 5.41) is 5.53. The molecule has 2 aromatic rings. The number of benzene rings is 1. The van der Waals surface area contributed by atoms with Gasteiger partial charge in [-0.1, -0.05) is 0 Å². The molecular weight excluding hydrogens is 233 g/mol. The van der Waals surface area contributed by atoms with Crippen molar-refractivity contribution in [2.45, 2.75) is 0 Å². The molecule has 0 fully saturated rings. The van der Waals surface area contributed by atoms with Crippen molar-refractivity contribution in [1.82, 2.24) is 4.98 Å². The van der Waals surface area contributed by atoms with Crippen LogP contribution < -0.4 is 10.6 Å². The molecule has 92 valence electrons. The van der Waals surface area contributed by atoms with Gasteiger partial charge >= 0.3 is 0 Å². The fourth-order valence-corrected chi connectivity index (χ4v) is 1.47. The molecule has 0 aliphatic heterocycles. The summed E-state index contributed by atoms with van der Waals surface area (Å²) >= 11 is 0. The molecule has 2 N–H and O–H groups in total. The van der Waals surface area contributed by atoms with Crippen molar-refractivity contribution in [3.63, 3.8) is 0 Å². The first-order chi connectivity index (χ1) is 8.69. The second-order valence-corrected chi connectivity index (χ2v) is 3.67. The maximum atomic E-state index is 12.9. The molecule has 0 radical (unpaired) electrons. The molecule has 0 unspecified atom stereocenters. The quantitative estimate of drug-likeness (QED) is 0.873. The van der Waals surface area contributed by atoms with Crippen LogP contribution in [-0.2, 0) is 0 Å². The van der Waals surface area contributed by atoms with E-state index >= 15 is 0 Å². The van der Waals surface area contributed by atoms with Crippen LogP contribution in [0, 0.1) is 5.82 Å². The van der Waals surface area contributed by atoms with Crippen LogP contribution in [0.15, 0.2) is 42.7 Å². The maximum absolute atomic E-state index is 12.9. The number of hydrogen-bond acceptors (Lipinski definition) is 3. The molecule has 0 aliphatic carbocycles. The van der Waals surface area contributed by atoms with Crippen molar-refractivity contribution in [2.24, 2.45) is 0 Å². The Kier molecular flexibility index (Phi) is 3.52. The number of hydrogen-bond donors (Lipinski definition) is 2. The fraction of sp³-hybridized carbons (Fsp3) is 0.0769. The number of nitrogens with zero attached hydrogens (tertiary/aromatic N) is 1. The van der Waals surface area contributed by atoms with Crippen LogP contribution >= 0.6 is 0 Å². The molecule has 1 aromatic carbocycles. The van der Waals surface area contributed by atoms with Crippen LogP contribution in [0.2, 0.25) is 0 Å². The second kappa shape index (κ2) is 5.27. The molecule has 5 heteroatoms. The van der Waals surface area contributed by atoms with Gasteiger partial charge in [0, 0.05) is 24.4 Å². The van der Waals surface area contributed by atoms with Crippen LogP contribution in [0.25, 0.3) is 0 Å². The third kappa shape index (κ3) is 2.82. The minimum Gasteiger partial charge on any atom is -0.388 e. The van der Waals surface area contributed by atoms with Gasteiger partial charge in [-0.25, -0.2) is 4.39 Å². The highest BCUT2D eigenvalue weighted by molar-refractivity contribution is 6.04. The van der Waals surface area contributed by atoms with Crippen LogP contribution in [0.5, 0.6) is 0 Å². The Balaban J connectivity index is 2.11. The molecule has 1 amide bonds. The lowest BCUT2D eigenvalue weighted by molar-refractivity contribution is 0.102. The molecule has 1 aromatic heterocycles. The zero-order valence-corrected chi connectivity index (χ0v) is 9.77. The Morgan fingerprint density at radius 3 is 2.50 bits per heavy atom. The van der Waals surface area contributed by atoms with E-state index in [1.807, 2.05) is 0 Å². The summed E-state index contributed by atoms with van der Waals surface area (Å²) in [6, 6.07) is 8.17. The van der Waals surface area contributed by atoms with E-state index in [0.717, 1.165) is 11.9 Å². The van der Waals surface area contributed by atoms with Gasteiger partial charge < -0.3 is 10.6 Å². The van der Waals surface area contributed by atoms with E-state index in [4.69, 9.17) is 0 Å². The van der Waals surface area contributed by atoms with Gasteiger partial charge in [0.1, 0.15) is 5.82 Å². The molecular formula is C13H12FN3O. The number of halogens is 1. The number of rotatable bonds is 3. The SMILES string of the molecule is CNc1ccc(C(=O)Nc2cncc(F)c2)cc1. The minimum absolute atomic E-state index is 0.301. The number of aromatic nitrogens is 1. The first-order valence-corrected chi connectivity index (χ1v) is 5.39. The van der Waals surface area contributed by atoms with E-state index in [1.165, 1.54) is 12.3 Å². The monoisotopic (exact) mass is 245 g/mol. The number of nitrogens with one attached hydrogen (secondary N) is 2. The maximum Gasteiger partial charge on any atom is 0.255 e. The first-order valence-electron chi connectivity index (χ1n) is 5.39. The molecule has 0 bridgehead atoms. The van der Waals surface area contributed by atoms with Crippen LogP contribution in [0.1, 0.15) is 10.4 Å². The van der Waals surface area contributed by atoms with Crippen molar-refractivity contribution in [1.29, 1.82) is 0 Å². The minimum atomic E-state index is -0.488. The summed E-state index contributed by atoms with van der Waals surface area (Å²) in [4.78, 5) is 15.5. The molecule has 0 spiro atoms. The summed E-state index contributed by atoms with van der Waals surface area (Å²) in [5.74, 6) is -0.789. The van der Waals surface area contributed by atoms with Gasteiger partial charge in [0.15, 0.2) is 0 Å². The van der Waals surface area contributed by atoms with Gasteiger partial charge in [0.2, 0.25) is 0 Å². The van der Waals surface area contributed by atoms with Crippen molar-refractivity contribution >= 4 is 17.3 Å². The smallest absolute Gasteiger partial charge is 0.255 e. The Bertz CT molecular complexity index is 554. The van der Waals surface area contributed by atoms with Crippen molar-refractivity contribution in [3.05, 3.63) is 54.1 Å². The summed E-state index contributed by atoms with van der Waals surface area (Å²) in [7, 11) is 1.80. The van der Waals surface area contributed by atoms with Crippen LogP contribution in [-0.4, -0.2) is 17.9 Å². The van der Waals surface area contributed by atoms with Crippen LogP contribution in [0.3, 0.4) is 0 Å². The molecule has 0 aliphatic rings. The summed E-state index contributed by atoms with van der Waals surface area (Å²) in [6.45, 7) is 0. The fourth-order valence-electron chi connectivity index (χ4n) is 1.47. The van der Waals surface area contributed by atoms with Gasteiger partial charge in [0.25, 0.3) is 5.91 Å². The number of anilines is 2. The zero-order valence-electron chi connectivity index (χ0n) is 9.77. The van der Waals surface area contributed by atoms with E-state index in [1.54, 1.807) is 31.3 Å². The van der Waals surface area contributed by atoms with E-state index in [-0.39, 0.29) is 5.91 Å². The highest BCUT2D eigenvalue weighted by Gasteiger charge is 2.06. The lowest BCUT2D eigenvalue weighted by Gasteiger charge is -2.05. The average molecular weight is 245 g/mol. The van der Waals surface area contributed by atoms with E-state index in [0.29, 0.717) is 11.3 Å². The van der Waals surface area contributed by atoms with Crippen LogP contribution in [0.4, 0.5) is 15.8 Å². The standard InChI is InChI=1S/C13H12FN3O/c1-15-11-4-2-9(3-5-11)13(18)17-12-6-10(14)7-16-8-12/h2-8,15H,1H3,(H,17,18). The third-order valence-corrected chi connectivity index (χ3v) is 2.40. The summed E-state index contributed by atoms with van der Waals surface area (Å²) < 4.78 is 12.9. The predicted octanol–water partition coefficient (Wildman–Crippen LogP) is 2.51. The van der Waals surface area contributed by atoms with E-state index in [9.17, 15) is 9.18 Å². The lowest BCUT2D eigenvalue weighted by Crippen LogP contribution is -2.12. The average Bonchev–Trinajstić information content (AvgIpc) is 2.39. The highest BCUT2D eigenvalue weighted by Crippen LogP contribution is 2.12. The lowest BCUT2D eigenvalue weighted by atomic mass is 10.2. The van der Waals surface area contributed by atoms with E-state index in [2.05, 4.69) is 15.6 Å². The second-order valence-electron chi connectivity index (χ2n) is 3.67. The highest BCUT2D eigenvalue weighted by atomic mass is 19.1. The molecule has 0 atom stereocenters. The number of carbonyl (C=O) groups is 1.